The molecule has 0 saturated carbocycles. The van der Waals surface area contributed by atoms with Crippen LogP contribution in [0.15, 0.2) is 48.5 Å². The third kappa shape index (κ3) is 8.10. The standard InChI is InChI=1S/C32H32N2O12.Na.H/c1-17-7-21(9-19(29(17)43)11-33(13-25(35)36)14-26(37)38)32(24-6-4-3-5-23(24)31(45)46-32)22-8-18(2)30(44)20(10-22)12-34(15-27(39)40)16-28(41)42;;/h3-10,43-44H,11-16H2,1-2H3,(H,35,36)(H,37,38)(H,39,40)(H,41,42);;/q;+1;-1. The molecule has 6 N–H and O–H groups in total. The number of hydrogen-bond donors (Lipinski definition) is 6. The number of benzene rings is 3. The first-order valence-corrected chi connectivity index (χ1v) is 13.9. The van der Waals surface area contributed by atoms with Gasteiger partial charge in [-0.3, -0.25) is 29.0 Å². The van der Waals surface area contributed by atoms with E-state index in [4.69, 9.17) is 4.74 Å². The Morgan fingerprint density at radius 2 is 1.09 bits per heavy atom. The third-order valence-electron chi connectivity index (χ3n) is 7.57. The van der Waals surface area contributed by atoms with E-state index in [-0.39, 0.29) is 72.3 Å². The number of carboxylic acid groups (broad SMARTS) is 4. The van der Waals surface area contributed by atoms with Crippen molar-refractivity contribution in [3.8, 4) is 11.5 Å². The van der Waals surface area contributed by atoms with Crippen molar-refractivity contribution in [2.75, 3.05) is 26.2 Å². The molecule has 47 heavy (non-hydrogen) atoms. The first-order valence-electron chi connectivity index (χ1n) is 13.9. The Hall–Kier alpha value is -4.47. The van der Waals surface area contributed by atoms with E-state index in [2.05, 4.69) is 0 Å². The van der Waals surface area contributed by atoms with Crippen molar-refractivity contribution in [3.63, 3.8) is 0 Å². The molecule has 0 aromatic heterocycles. The Morgan fingerprint density at radius 3 is 1.47 bits per heavy atom. The summed E-state index contributed by atoms with van der Waals surface area (Å²) >= 11 is 0. The van der Waals surface area contributed by atoms with Gasteiger partial charge in [0.25, 0.3) is 0 Å². The second kappa shape index (κ2) is 15.0. The minimum Gasteiger partial charge on any atom is -1.00 e. The minimum atomic E-state index is -1.71. The van der Waals surface area contributed by atoms with Crippen LogP contribution in [0.25, 0.3) is 0 Å². The molecule has 0 spiro atoms. The number of ether oxygens (including phenoxy) is 1. The maximum Gasteiger partial charge on any atom is 1.00 e. The van der Waals surface area contributed by atoms with Crippen molar-refractivity contribution in [1.29, 1.82) is 0 Å². The number of esters is 1. The number of fused-ring (bicyclic) bond motifs is 1. The van der Waals surface area contributed by atoms with E-state index in [9.17, 15) is 54.6 Å². The van der Waals surface area contributed by atoms with E-state index in [1.807, 2.05) is 0 Å². The molecule has 0 aliphatic carbocycles. The van der Waals surface area contributed by atoms with E-state index >= 15 is 0 Å². The fraction of sp³-hybridized carbons (Fsp3) is 0.281. The fourth-order valence-electron chi connectivity index (χ4n) is 5.75. The average molecular weight is 661 g/mol. The maximum absolute atomic E-state index is 13.3. The third-order valence-corrected chi connectivity index (χ3v) is 7.57. The number of aliphatic carboxylic acids is 4. The largest absolute Gasteiger partial charge is 1.00 e. The van der Waals surface area contributed by atoms with Crippen LogP contribution in [0.4, 0.5) is 0 Å². The number of aromatic hydroxyl groups is 2. The molecule has 0 fully saturated rings. The number of nitrogens with zero attached hydrogens (tertiary/aromatic N) is 2. The molecule has 244 valence electrons. The number of phenols is 2. The molecule has 0 atom stereocenters. The molecule has 1 aliphatic rings. The number of cyclic esters (lactones) is 1. The van der Waals surface area contributed by atoms with Crippen molar-refractivity contribution >= 4 is 29.8 Å². The fourth-order valence-corrected chi connectivity index (χ4v) is 5.75. The van der Waals surface area contributed by atoms with Crippen molar-refractivity contribution in [2.24, 2.45) is 0 Å². The molecule has 3 aromatic carbocycles. The van der Waals surface area contributed by atoms with Crippen molar-refractivity contribution < 1.29 is 90.3 Å². The van der Waals surface area contributed by atoms with Crippen molar-refractivity contribution in [3.05, 3.63) is 93.0 Å². The molecule has 0 bridgehead atoms. The number of phenolic OH excluding ortho intramolecular Hbond substituents is 2. The Kier molecular flexibility index (Phi) is 11.8. The van der Waals surface area contributed by atoms with Gasteiger partial charge in [-0.05, 0) is 55.3 Å². The summed E-state index contributed by atoms with van der Waals surface area (Å²) in [5.41, 5.74) is 0.459. The van der Waals surface area contributed by atoms with Gasteiger partial charge in [0, 0.05) is 40.9 Å². The molecule has 3 aromatic rings. The number of aryl methyl sites for hydroxylation is 2. The molecule has 0 saturated heterocycles. The summed E-state index contributed by atoms with van der Waals surface area (Å²) in [6, 6.07) is 12.6. The normalized spacial score (nSPS) is 13.1. The summed E-state index contributed by atoms with van der Waals surface area (Å²) in [6.07, 6.45) is 0. The van der Waals surface area contributed by atoms with E-state index < -0.39 is 61.6 Å². The van der Waals surface area contributed by atoms with Crippen LogP contribution in [0, 0.1) is 13.8 Å². The number of carboxylic acids is 4. The van der Waals surface area contributed by atoms with Gasteiger partial charge < -0.3 is 36.8 Å². The zero-order chi connectivity index (χ0) is 33.9. The monoisotopic (exact) mass is 660 g/mol. The Bertz CT molecular complexity index is 1620. The zero-order valence-electron chi connectivity index (χ0n) is 26.9. The molecule has 0 radical (unpaired) electrons. The summed E-state index contributed by atoms with van der Waals surface area (Å²) in [6.45, 7) is 0.0158. The molecule has 0 amide bonds. The van der Waals surface area contributed by atoms with Gasteiger partial charge in [0.1, 0.15) is 11.5 Å². The van der Waals surface area contributed by atoms with Crippen LogP contribution in [0.5, 0.6) is 11.5 Å². The summed E-state index contributed by atoms with van der Waals surface area (Å²) < 4.78 is 6.15. The molecule has 4 rings (SSSR count). The average Bonchev–Trinajstić information content (AvgIpc) is 3.25. The summed E-state index contributed by atoms with van der Waals surface area (Å²) in [7, 11) is 0. The molecule has 14 nitrogen and oxygen atoms in total. The second-order valence-corrected chi connectivity index (χ2v) is 11.1. The molecular weight excluding hydrogens is 627 g/mol. The van der Waals surface area contributed by atoms with Gasteiger partial charge in [-0.15, -0.1) is 0 Å². The summed E-state index contributed by atoms with van der Waals surface area (Å²) in [5, 5.41) is 59.3. The topological polar surface area (TPSA) is 222 Å². The first kappa shape index (κ1) is 37.0. The number of carbonyl (C=O) groups excluding carboxylic acids is 1. The Balaban J connectivity index is 0.00000400. The predicted octanol–water partition coefficient (Wildman–Crippen LogP) is -0.764. The number of rotatable bonds is 14. The van der Waals surface area contributed by atoms with Crippen LogP contribution in [-0.4, -0.2) is 96.5 Å². The predicted molar refractivity (Wildman–Crippen MR) is 160 cm³/mol. The SMILES string of the molecule is Cc1cc(C2(c3cc(C)c(O)c(CN(CC(=O)O)CC(=O)O)c3)OC(=O)c3ccccc32)cc(CN(CC(=O)O)CC(=O)O)c1O.[H-].[Na+]. The zero-order valence-corrected chi connectivity index (χ0v) is 27.9. The van der Waals surface area contributed by atoms with Crippen molar-refractivity contribution in [2.45, 2.75) is 32.5 Å². The van der Waals surface area contributed by atoms with Gasteiger partial charge in [0.2, 0.25) is 0 Å². The minimum absolute atomic E-state index is 0. The number of carbonyl (C=O) groups is 5. The van der Waals surface area contributed by atoms with E-state index in [1.54, 1.807) is 50.2 Å². The molecule has 1 aliphatic heterocycles. The van der Waals surface area contributed by atoms with Gasteiger partial charge in [0.05, 0.1) is 31.7 Å². The van der Waals surface area contributed by atoms with Crippen molar-refractivity contribution in [1.82, 2.24) is 9.80 Å². The summed E-state index contributed by atoms with van der Waals surface area (Å²) in [4.78, 5) is 61.4. The van der Waals surface area contributed by atoms with Crippen LogP contribution in [-0.2, 0) is 42.6 Å². The molecular formula is C32H33N2NaO12. The Morgan fingerprint density at radius 1 is 0.702 bits per heavy atom. The van der Waals surface area contributed by atoms with Gasteiger partial charge in [-0.25, -0.2) is 4.79 Å². The smallest absolute Gasteiger partial charge is 1.00 e. The maximum atomic E-state index is 13.3. The Labute approximate surface area is 292 Å². The summed E-state index contributed by atoms with van der Waals surface area (Å²) in [5.74, 6) is -6.26. The quantitative estimate of drug-likeness (QED) is 0.0924. The van der Waals surface area contributed by atoms with E-state index in [1.165, 1.54) is 12.1 Å². The van der Waals surface area contributed by atoms with E-state index in [0.717, 1.165) is 9.80 Å². The van der Waals surface area contributed by atoms with Gasteiger partial charge in [0.15, 0.2) is 5.60 Å². The van der Waals surface area contributed by atoms with E-state index in [0.29, 0.717) is 27.8 Å². The molecule has 0 unspecified atom stereocenters. The second-order valence-electron chi connectivity index (χ2n) is 11.1. The van der Waals surface area contributed by atoms with Crippen LogP contribution in [0.1, 0.15) is 50.7 Å². The van der Waals surface area contributed by atoms with Gasteiger partial charge >= 0.3 is 59.4 Å². The van der Waals surface area contributed by atoms with Gasteiger partial charge in [-0.2, -0.15) is 0 Å². The van der Waals surface area contributed by atoms with Crippen LogP contribution >= 0.6 is 0 Å². The first-order chi connectivity index (χ1) is 21.6. The van der Waals surface area contributed by atoms with Gasteiger partial charge in [-0.1, -0.05) is 18.2 Å². The molecule has 1 heterocycles. The number of hydrogen-bond acceptors (Lipinski definition) is 10. The van der Waals surface area contributed by atoms with Crippen LogP contribution < -0.4 is 29.6 Å². The van der Waals surface area contributed by atoms with Crippen LogP contribution in [0.2, 0.25) is 0 Å². The molecule has 15 heteroatoms. The van der Waals surface area contributed by atoms with Crippen LogP contribution in [0.3, 0.4) is 0 Å².